The van der Waals surface area contributed by atoms with Gasteiger partial charge in [0, 0.05) is 12.8 Å². The lowest BCUT2D eigenvalue weighted by atomic mass is 10.0. The molecule has 0 spiro atoms. The molecule has 0 aromatic heterocycles. The van der Waals surface area contributed by atoms with Crippen LogP contribution in [0.1, 0.15) is 399 Å². The molecule has 1 atom stereocenters. The molecule has 0 amide bonds. The number of hydrogen-bond donors (Lipinski definition) is 1. The summed E-state index contributed by atoms with van der Waals surface area (Å²) in [5.74, 6) is -0.560. The number of aliphatic hydroxyl groups excluding tert-OH is 1. The second kappa shape index (κ2) is 64.2. The van der Waals surface area contributed by atoms with Gasteiger partial charge in [0.15, 0.2) is 6.10 Å². The van der Waals surface area contributed by atoms with Crippen LogP contribution in [0.25, 0.3) is 0 Å². The van der Waals surface area contributed by atoms with Gasteiger partial charge in [0.05, 0.1) is 6.61 Å². The molecule has 0 aliphatic rings. The molecule has 0 aromatic rings. The van der Waals surface area contributed by atoms with Crippen molar-refractivity contribution in [3.63, 3.8) is 0 Å². The highest BCUT2D eigenvalue weighted by Crippen LogP contribution is 2.20. The highest BCUT2D eigenvalue weighted by atomic mass is 16.6. The maximum atomic E-state index is 12.3. The third-order valence-electron chi connectivity index (χ3n) is 15.9. The highest BCUT2D eigenvalue weighted by Gasteiger charge is 2.16. The van der Waals surface area contributed by atoms with Gasteiger partial charge in [0.25, 0.3) is 0 Å². The van der Waals surface area contributed by atoms with E-state index in [4.69, 9.17) is 9.47 Å². The first-order valence-corrected chi connectivity index (χ1v) is 33.6. The molecule has 430 valence electrons. The number of hydrogen-bond acceptors (Lipinski definition) is 5. The summed E-state index contributed by atoms with van der Waals surface area (Å²) in [4.78, 5) is 24.6. The Morgan fingerprint density at radius 2 is 0.431 bits per heavy atom. The van der Waals surface area contributed by atoms with Gasteiger partial charge in [-0.05, 0) is 12.8 Å². The monoisotopic (exact) mass is 1020 g/mol. The molecule has 0 rings (SSSR count). The predicted molar refractivity (Wildman–Crippen MR) is 316 cm³/mol. The minimum atomic E-state index is -0.765. The van der Waals surface area contributed by atoms with Crippen LogP contribution in [0, 0.1) is 0 Å². The van der Waals surface area contributed by atoms with Gasteiger partial charge in [-0.3, -0.25) is 9.59 Å². The average molecular weight is 1020 g/mol. The fourth-order valence-electron chi connectivity index (χ4n) is 10.9. The lowest BCUT2D eigenvalue weighted by Crippen LogP contribution is -2.28. The van der Waals surface area contributed by atoms with Gasteiger partial charge < -0.3 is 14.6 Å². The zero-order valence-electron chi connectivity index (χ0n) is 49.5. The van der Waals surface area contributed by atoms with E-state index < -0.39 is 6.10 Å². The van der Waals surface area contributed by atoms with Gasteiger partial charge in [-0.25, -0.2) is 0 Å². The summed E-state index contributed by atoms with van der Waals surface area (Å²) in [5.41, 5.74) is 0. The number of carbonyl (C=O) groups is 2. The fraction of sp³-hybridized carbons (Fsp3) is 0.970. The van der Waals surface area contributed by atoms with E-state index >= 15 is 0 Å². The molecule has 0 saturated carbocycles. The van der Waals surface area contributed by atoms with E-state index in [9.17, 15) is 14.7 Å². The van der Waals surface area contributed by atoms with Crippen molar-refractivity contribution >= 4 is 11.9 Å². The Bertz CT molecular complexity index is 1010. The molecule has 0 aromatic carbocycles. The lowest BCUT2D eigenvalue weighted by molar-refractivity contribution is -0.161. The van der Waals surface area contributed by atoms with Crippen LogP contribution < -0.4 is 0 Å². The van der Waals surface area contributed by atoms with Crippen molar-refractivity contribution in [3.8, 4) is 0 Å². The Kier molecular flexibility index (Phi) is 63.2. The number of carbonyl (C=O) groups excluding carboxylic acids is 2. The molecule has 0 fully saturated rings. The molecular formula is C67H132O5. The standard InChI is InChI=1S/C67H132O5/c1-3-5-7-9-11-13-15-17-19-21-23-25-26-27-28-29-30-31-32-33-34-35-36-37-38-39-40-42-44-46-48-50-52-54-56-58-60-62-67(70)72-65(63-68)64-71-66(69)61-59-57-55-53-51-49-47-45-43-41-24-22-20-18-16-14-12-10-8-6-4-2/h65,68H,3-64H2,1-2H3. The number of rotatable bonds is 64. The molecule has 5 nitrogen and oxygen atoms in total. The minimum Gasteiger partial charge on any atom is -0.462 e. The van der Waals surface area contributed by atoms with Gasteiger partial charge >= 0.3 is 11.9 Å². The minimum absolute atomic E-state index is 0.0555. The summed E-state index contributed by atoms with van der Waals surface area (Å²) in [5, 5.41) is 9.68. The van der Waals surface area contributed by atoms with Crippen LogP contribution in [-0.4, -0.2) is 36.4 Å². The van der Waals surface area contributed by atoms with Crippen LogP contribution in [0.15, 0.2) is 0 Å². The summed E-state index contributed by atoms with van der Waals surface area (Å²) in [7, 11) is 0. The van der Waals surface area contributed by atoms with E-state index in [1.54, 1.807) is 0 Å². The van der Waals surface area contributed by atoms with Crippen molar-refractivity contribution < 1.29 is 24.2 Å². The number of ether oxygens (including phenoxy) is 2. The van der Waals surface area contributed by atoms with Crippen LogP contribution in [0.3, 0.4) is 0 Å². The van der Waals surface area contributed by atoms with Crippen molar-refractivity contribution in [1.82, 2.24) is 0 Å². The van der Waals surface area contributed by atoms with E-state index in [1.165, 1.54) is 340 Å². The normalized spacial score (nSPS) is 12.0. The molecule has 0 saturated heterocycles. The molecule has 0 radical (unpaired) electrons. The molecule has 1 N–H and O–H groups in total. The molecule has 0 bridgehead atoms. The molecular weight excluding hydrogens is 885 g/mol. The Balaban J connectivity index is 3.34. The Morgan fingerprint density at radius 3 is 0.611 bits per heavy atom. The summed E-state index contributed by atoms with van der Waals surface area (Å²) in [6.45, 7) is 4.22. The summed E-state index contributed by atoms with van der Waals surface area (Å²) < 4.78 is 10.7. The van der Waals surface area contributed by atoms with Crippen molar-refractivity contribution in [2.45, 2.75) is 405 Å². The van der Waals surface area contributed by atoms with Gasteiger partial charge in [-0.15, -0.1) is 0 Å². The number of esters is 2. The third-order valence-corrected chi connectivity index (χ3v) is 15.9. The largest absolute Gasteiger partial charge is 0.462 e. The number of aliphatic hydroxyl groups is 1. The van der Waals surface area contributed by atoms with Gasteiger partial charge in [-0.2, -0.15) is 0 Å². The maximum absolute atomic E-state index is 12.3. The van der Waals surface area contributed by atoms with E-state index in [0.29, 0.717) is 12.8 Å². The molecule has 0 heterocycles. The highest BCUT2D eigenvalue weighted by molar-refractivity contribution is 5.70. The SMILES string of the molecule is CCCCCCCCCCCCCCCCCCCCCCCCCCCCCCCCCCCCCCCC(=O)OC(CO)COC(=O)CCCCCCCCCCCCCCCCCCCCCCC. The van der Waals surface area contributed by atoms with Crippen LogP contribution in [-0.2, 0) is 19.1 Å². The first-order valence-electron chi connectivity index (χ1n) is 33.6. The average Bonchev–Trinajstić information content (AvgIpc) is 3.38. The summed E-state index contributed by atoms with van der Waals surface area (Å²) in [6, 6.07) is 0. The molecule has 0 aliphatic heterocycles. The van der Waals surface area contributed by atoms with E-state index in [-0.39, 0.29) is 25.2 Å². The predicted octanol–water partition coefficient (Wildman–Crippen LogP) is 22.9. The van der Waals surface area contributed by atoms with Gasteiger partial charge in [0.2, 0.25) is 0 Å². The molecule has 1 unspecified atom stereocenters. The zero-order valence-corrected chi connectivity index (χ0v) is 49.5. The lowest BCUT2D eigenvalue weighted by Gasteiger charge is -2.15. The van der Waals surface area contributed by atoms with Crippen LogP contribution >= 0.6 is 0 Å². The van der Waals surface area contributed by atoms with Crippen LogP contribution in [0.2, 0.25) is 0 Å². The number of unbranched alkanes of at least 4 members (excludes halogenated alkanes) is 56. The van der Waals surface area contributed by atoms with Crippen molar-refractivity contribution in [2.24, 2.45) is 0 Å². The Labute approximate surface area is 452 Å². The zero-order chi connectivity index (χ0) is 52.0. The second-order valence-electron chi connectivity index (χ2n) is 23.3. The second-order valence-corrected chi connectivity index (χ2v) is 23.3. The van der Waals surface area contributed by atoms with Gasteiger partial charge in [0.1, 0.15) is 6.61 Å². The fourth-order valence-corrected chi connectivity index (χ4v) is 10.9. The molecule has 5 heteroatoms. The van der Waals surface area contributed by atoms with Crippen molar-refractivity contribution in [3.05, 3.63) is 0 Å². The smallest absolute Gasteiger partial charge is 0.306 e. The topological polar surface area (TPSA) is 72.8 Å². The van der Waals surface area contributed by atoms with Crippen molar-refractivity contribution in [2.75, 3.05) is 13.2 Å². The summed E-state index contributed by atoms with van der Waals surface area (Å²) >= 11 is 0. The Hall–Kier alpha value is -1.10. The molecule has 72 heavy (non-hydrogen) atoms. The van der Waals surface area contributed by atoms with E-state index in [1.807, 2.05) is 0 Å². The van der Waals surface area contributed by atoms with Crippen molar-refractivity contribution in [1.29, 1.82) is 0 Å². The van der Waals surface area contributed by atoms with Crippen LogP contribution in [0.5, 0.6) is 0 Å². The molecule has 0 aliphatic carbocycles. The Morgan fingerprint density at radius 1 is 0.264 bits per heavy atom. The van der Waals surface area contributed by atoms with E-state index in [2.05, 4.69) is 13.8 Å². The first kappa shape index (κ1) is 70.9. The van der Waals surface area contributed by atoms with Gasteiger partial charge in [-0.1, -0.05) is 373 Å². The maximum Gasteiger partial charge on any atom is 0.306 e. The van der Waals surface area contributed by atoms with E-state index in [0.717, 1.165) is 32.1 Å². The quantitative estimate of drug-likeness (QED) is 0.0485. The summed E-state index contributed by atoms with van der Waals surface area (Å²) in [6.07, 6.45) is 80.0. The first-order chi connectivity index (χ1) is 35.6. The van der Waals surface area contributed by atoms with Crippen LogP contribution in [0.4, 0.5) is 0 Å². The third kappa shape index (κ3) is 61.4.